The largest absolute Gasteiger partial charge is 0.348 e. The Balaban J connectivity index is 3.93. The standard InChI is InChI=1S/C7H12N2/c1-4-9(5-2)7(3)6-8/h4,6,8H,1,3,5H2,2H3. The van der Waals surface area contributed by atoms with E-state index in [0.717, 1.165) is 6.54 Å². The zero-order chi connectivity index (χ0) is 7.28. The van der Waals surface area contributed by atoms with Crippen LogP contribution in [0.3, 0.4) is 0 Å². The summed E-state index contributed by atoms with van der Waals surface area (Å²) in [4.78, 5) is 1.80. The highest BCUT2D eigenvalue weighted by Crippen LogP contribution is 1.96. The van der Waals surface area contributed by atoms with Gasteiger partial charge in [-0.15, -0.1) is 0 Å². The zero-order valence-electron chi connectivity index (χ0n) is 5.72. The first-order valence-electron chi connectivity index (χ1n) is 2.84. The SMILES string of the molecule is C=CN(CC)C(=C)C=N. The summed E-state index contributed by atoms with van der Waals surface area (Å²) in [7, 11) is 0. The molecule has 0 aliphatic carbocycles. The van der Waals surface area contributed by atoms with Gasteiger partial charge in [0.25, 0.3) is 0 Å². The van der Waals surface area contributed by atoms with Crippen LogP contribution in [0.15, 0.2) is 25.1 Å². The summed E-state index contributed by atoms with van der Waals surface area (Å²) in [6.07, 6.45) is 2.87. The lowest BCUT2D eigenvalue weighted by molar-refractivity contribution is 0.520. The second-order valence-electron chi connectivity index (χ2n) is 1.60. The van der Waals surface area contributed by atoms with Crippen LogP contribution < -0.4 is 0 Å². The molecule has 0 spiro atoms. The van der Waals surface area contributed by atoms with Gasteiger partial charge in [0.15, 0.2) is 0 Å². The van der Waals surface area contributed by atoms with Crippen LogP contribution in [0, 0.1) is 5.41 Å². The lowest BCUT2D eigenvalue weighted by Gasteiger charge is -2.15. The molecule has 0 saturated heterocycles. The molecule has 0 fully saturated rings. The van der Waals surface area contributed by atoms with Crippen LogP contribution >= 0.6 is 0 Å². The van der Waals surface area contributed by atoms with Crippen molar-refractivity contribution in [3.63, 3.8) is 0 Å². The molecule has 50 valence electrons. The van der Waals surface area contributed by atoms with E-state index in [9.17, 15) is 0 Å². The van der Waals surface area contributed by atoms with Gasteiger partial charge in [0, 0.05) is 12.8 Å². The second kappa shape index (κ2) is 3.89. The van der Waals surface area contributed by atoms with E-state index in [1.54, 1.807) is 11.1 Å². The van der Waals surface area contributed by atoms with Crippen LogP contribution in [0.25, 0.3) is 0 Å². The van der Waals surface area contributed by atoms with Gasteiger partial charge in [0.05, 0.1) is 5.70 Å². The quantitative estimate of drug-likeness (QED) is 0.566. The highest BCUT2D eigenvalue weighted by Gasteiger charge is 1.93. The van der Waals surface area contributed by atoms with E-state index in [0.29, 0.717) is 5.70 Å². The normalized spacial score (nSPS) is 8.11. The first kappa shape index (κ1) is 7.95. The van der Waals surface area contributed by atoms with Crippen LogP contribution in [-0.4, -0.2) is 17.7 Å². The predicted molar refractivity (Wildman–Crippen MR) is 40.5 cm³/mol. The highest BCUT2D eigenvalue weighted by molar-refractivity contribution is 5.74. The number of nitrogens with one attached hydrogen (secondary N) is 1. The first-order chi connectivity index (χ1) is 4.26. The van der Waals surface area contributed by atoms with E-state index < -0.39 is 0 Å². The molecule has 0 heterocycles. The van der Waals surface area contributed by atoms with Crippen LogP contribution in [0.1, 0.15) is 6.92 Å². The summed E-state index contributed by atoms with van der Waals surface area (Å²) < 4.78 is 0. The summed E-state index contributed by atoms with van der Waals surface area (Å²) in [5, 5.41) is 6.83. The van der Waals surface area contributed by atoms with Crippen molar-refractivity contribution in [1.82, 2.24) is 4.90 Å². The summed E-state index contributed by atoms with van der Waals surface area (Å²) in [5.41, 5.74) is 0.674. The Kier molecular flexibility index (Phi) is 3.44. The summed E-state index contributed by atoms with van der Waals surface area (Å²) >= 11 is 0. The van der Waals surface area contributed by atoms with Crippen molar-refractivity contribution in [3.8, 4) is 0 Å². The number of hydrogen-bond donors (Lipinski definition) is 1. The molecular formula is C7H12N2. The third-order valence-corrected chi connectivity index (χ3v) is 1.10. The maximum atomic E-state index is 6.83. The van der Waals surface area contributed by atoms with Gasteiger partial charge in [0.1, 0.15) is 0 Å². The van der Waals surface area contributed by atoms with E-state index in [1.807, 2.05) is 6.92 Å². The molecule has 2 nitrogen and oxygen atoms in total. The molecule has 0 unspecified atom stereocenters. The molecule has 0 aliphatic rings. The lowest BCUT2D eigenvalue weighted by Crippen LogP contribution is -2.14. The van der Waals surface area contributed by atoms with Gasteiger partial charge in [-0.05, 0) is 13.1 Å². The molecule has 2 heteroatoms. The van der Waals surface area contributed by atoms with Gasteiger partial charge in [-0.25, -0.2) is 0 Å². The van der Waals surface area contributed by atoms with E-state index >= 15 is 0 Å². The summed E-state index contributed by atoms with van der Waals surface area (Å²) in [6, 6.07) is 0. The Hall–Kier alpha value is -1.05. The Morgan fingerprint density at radius 1 is 1.78 bits per heavy atom. The molecule has 9 heavy (non-hydrogen) atoms. The van der Waals surface area contributed by atoms with Crippen molar-refractivity contribution < 1.29 is 0 Å². The molecule has 0 aromatic heterocycles. The molecule has 1 N–H and O–H groups in total. The Labute approximate surface area is 56.0 Å². The van der Waals surface area contributed by atoms with Gasteiger partial charge >= 0.3 is 0 Å². The molecule has 0 amide bonds. The van der Waals surface area contributed by atoms with Gasteiger partial charge in [-0.1, -0.05) is 13.2 Å². The number of hydrogen-bond acceptors (Lipinski definition) is 2. The average molecular weight is 124 g/mol. The average Bonchev–Trinajstić information content (AvgIpc) is 1.90. The minimum Gasteiger partial charge on any atom is -0.348 e. The van der Waals surface area contributed by atoms with Crippen LogP contribution in [0.4, 0.5) is 0 Å². The maximum Gasteiger partial charge on any atom is 0.0511 e. The van der Waals surface area contributed by atoms with Crippen LogP contribution in [-0.2, 0) is 0 Å². The molecule has 0 atom stereocenters. The maximum absolute atomic E-state index is 6.83. The molecule has 0 aromatic carbocycles. The topological polar surface area (TPSA) is 27.1 Å². The summed E-state index contributed by atoms with van der Waals surface area (Å²) in [6.45, 7) is 9.99. The third-order valence-electron chi connectivity index (χ3n) is 1.10. The minimum absolute atomic E-state index is 0.674. The molecular weight excluding hydrogens is 112 g/mol. The monoisotopic (exact) mass is 124 g/mol. The van der Waals surface area contributed by atoms with Gasteiger partial charge in [-0.3, -0.25) is 0 Å². The fraction of sp³-hybridized carbons (Fsp3) is 0.286. The molecule has 0 saturated carbocycles. The van der Waals surface area contributed by atoms with Crippen molar-refractivity contribution in [2.24, 2.45) is 0 Å². The second-order valence-corrected chi connectivity index (χ2v) is 1.60. The fourth-order valence-corrected chi connectivity index (χ4v) is 0.532. The van der Waals surface area contributed by atoms with Crippen molar-refractivity contribution >= 4 is 6.21 Å². The highest BCUT2D eigenvalue weighted by atomic mass is 15.1. The van der Waals surface area contributed by atoms with E-state index in [2.05, 4.69) is 13.2 Å². The van der Waals surface area contributed by atoms with Crippen molar-refractivity contribution in [3.05, 3.63) is 25.1 Å². The van der Waals surface area contributed by atoms with Gasteiger partial charge in [0.2, 0.25) is 0 Å². The Morgan fingerprint density at radius 2 is 2.33 bits per heavy atom. The van der Waals surface area contributed by atoms with Crippen LogP contribution in [0.5, 0.6) is 0 Å². The van der Waals surface area contributed by atoms with Gasteiger partial charge in [-0.2, -0.15) is 0 Å². The Morgan fingerprint density at radius 3 is 2.44 bits per heavy atom. The van der Waals surface area contributed by atoms with Crippen molar-refractivity contribution in [2.45, 2.75) is 6.92 Å². The molecule has 0 aromatic rings. The summed E-state index contributed by atoms with van der Waals surface area (Å²) in [5.74, 6) is 0. The Bertz CT molecular complexity index is 127. The molecule has 0 aliphatic heterocycles. The zero-order valence-corrected chi connectivity index (χ0v) is 5.72. The molecule has 0 radical (unpaired) electrons. The number of allylic oxidation sites excluding steroid dienone is 1. The van der Waals surface area contributed by atoms with Crippen molar-refractivity contribution in [2.75, 3.05) is 6.54 Å². The minimum atomic E-state index is 0.674. The molecule has 0 rings (SSSR count). The van der Waals surface area contributed by atoms with E-state index in [4.69, 9.17) is 5.41 Å². The first-order valence-corrected chi connectivity index (χ1v) is 2.84. The van der Waals surface area contributed by atoms with E-state index in [1.165, 1.54) is 6.21 Å². The van der Waals surface area contributed by atoms with Crippen LogP contribution in [0.2, 0.25) is 0 Å². The lowest BCUT2D eigenvalue weighted by atomic mass is 10.4. The van der Waals surface area contributed by atoms with Crippen molar-refractivity contribution in [1.29, 1.82) is 5.41 Å². The fourth-order valence-electron chi connectivity index (χ4n) is 0.532. The predicted octanol–water partition coefficient (Wildman–Crippen LogP) is 1.62. The smallest absolute Gasteiger partial charge is 0.0511 e. The van der Waals surface area contributed by atoms with Gasteiger partial charge < -0.3 is 10.3 Å². The molecule has 0 bridgehead atoms. The third kappa shape index (κ3) is 2.13. The van der Waals surface area contributed by atoms with E-state index in [-0.39, 0.29) is 0 Å². The number of nitrogens with zero attached hydrogens (tertiary/aromatic N) is 1. The number of rotatable bonds is 4.